The zero-order chi connectivity index (χ0) is 16.8. The number of carbonyl (C=O) groups is 1. The third kappa shape index (κ3) is 4.24. The molecule has 0 saturated carbocycles. The van der Waals surface area contributed by atoms with Crippen molar-refractivity contribution in [2.45, 2.75) is 19.9 Å². The summed E-state index contributed by atoms with van der Waals surface area (Å²) >= 11 is 0. The maximum Gasteiger partial charge on any atom is 0.330 e. The summed E-state index contributed by atoms with van der Waals surface area (Å²) in [6.45, 7) is 4.29. The highest BCUT2D eigenvalue weighted by Gasteiger charge is 2.20. The van der Waals surface area contributed by atoms with Crippen LogP contribution >= 0.6 is 0 Å². The van der Waals surface area contributed by atoms with Gasteiger partial charge in [0.15, 0.2) is 6.04 Å². The number of hydrogen-bond acceptors (Lipinski definition) is 4. The number of carboxylic acid groups (broad SMARTS) is 1. The Morgan fingerprint density at radius 1 is 1.30 bits per heavy atom. The fourth-order valence-electron chi connectivity index (χ4n) is 2.29. The molecule has 118 valence electrons. The normalized spacial score (nSPS) is 11.3. The molecule has 2 aromatic carbocycles. The molecule has 1 atom stereocenters. The van der Waals surface area contributed by atoms with Gasteiger partial charge in [-0.25, -0.2) is 4.79 Å². The quantitative estimate of drug-likeness (QED) is 0.853. The molecule has 5 heteroatoms. The number of carboxylic acids is 1. The molecule has 0 spiro atoms. The summed E-state index contributed by atoms with van der Waals surface area (Å²) in [5, 5.41) is 21.3. The molecule has 2 aromatic rings. The predicted octanol–water partition coefficient (Wildman–Crippen LogP) is 3.50. The second-order valence-corrected chi connectivity index (χ2v) is 5.12. The van der Waals surface area contributed by atoms with E-state index in [2.05, 4.69) is 5.32 Å². The minimum absolute atomic E-state index is 0.518. The summed E-state index contributed by atoms with van der Waals surface area (Å²) in [6, 6.07) is 13.2. The minimum Gasteiger partial charge on any atom is -0.494 e. The first-order valence-corrected chi connectivity index (χ1v) is 7.27. The van der Waals surface area contributed by atoms with E-state index in [1.54, 1.807) is 30.3 Å². The van der Waals surface area contributed by atoms with Crippen molar-refractivity contribution >= 4 is 11.7 Å². The van der Waals surface area contributed by atoms with Crippen LogP contribution in [-0.2, 0) is 4.79 Å². The Bertz CT molecular complexity index is 733. The molecule has 0 amide bonds. The SMILES string of the molecule is CCOc1cc(C)cc(C(Nc2ccc(C#N)cc2)C(=O)O)c1. The van der Waals surface area contributed by atoms with E-state index in [1.807, 2.05) is 32.0 Å². The molecule has 0 bridgehead atoms. The van der Waals surface area contributed by atoms with Gasteiger partial charge >= 0.3 is 5.97 Å². The van der Waals surface area contributed by atoms with Crippen LogP contribution in [0, 0.1) is 18.3 Å². The number of nitriles is 1. The highest BCUT2D eigenvalue weighted by molar-refractivity contribution is 5.79. The van der Waals surface area contributed by atoms with Crippen LogP contribution in [0.25, 0.3) is 0 Å². The summed E-state index contributed by atoms with van der Waals surface area (Å²) in [5.41, 5.74) is 2.71. The molecule has 5 nitrogen and oxygen atoms in total. The minimum atomic E-state index is -0.984. The average molecular weight is 310 g/mol. The molecule has 0 heterocycles. The average Bonchev–Trinajstić information content (AvgIpc) is 2.52. The van der Waals surface area contributed by atoms with Gasteiger partial charge in [-0.15, -0.1) is 0 Å². The van der Waals surface area contributed by atoms with Crippen molar-refractivity contribution in [3.05, 3.63) is 59.2 Å². The monoisotopic (exact) mass is 310 g/mol. The Kier molecular flexibility index (Phi) is 5.21. The topological polar surface area (TPSA) is 82.3 Å². The number of aryl methyl sites for hydroxylation is 1. The van der Waals surface area contributed by atoms with Gasteiger partial charge in [-0.05, 0) is 61.4 Å². The fourth-order valence-corrected chi connectivity index (χ4v) is 2.29. The largest absolute Gasteiger partial charge is 0.494 e. The summed E-state index contributed by atoms with van der Waals surface area (Å²) in [4.78, 5) is 11.7. The van der Waals surface area contributed by atoms with Crippen LogP contribution < -0.4 is 10.1 Å². The first-order valence-electron chi connectivity index (χ1n) is 7.27. The lowest BCUT2D eigenvalue weighted by Crippen LogP contribution is -2.20. The van der Waals surface area contributed by atoms with E-state index in [4.69, 9.17) is 10.00 Å². The van der Waals surface area contributed by atoms with Gasteiger partial charge in [0.2, 0.25) is 0 Å². The van der Waals surface area contributed by atoms with Gasteiger partial charge in [-0.2, -0.15) is 5.26 Å². The zero-order valence-corrected chi connectivity index (χ0v) is 13.0. The molecular formula is C18H18N2O3. The molecule has 23 heavy (non-hydrogen) atoms. The zero-order valence-electron chi connectivity index (χ0n) is 13.0. The van der Waals surface area contributed by atoms with Gasteiger partial charge in [0.05, 0.1) is 18.2 Å². The lowest BCUT2D eigenvalue weighted by atomic mass is 10.0. The molecule has 1 unspecified atom stereocenters. The molecule has 0 aliphatic carbocycles. The number of anilines is 1. The van der Waals surface area contributed by atoms with Gasteiger partial charge < -0.3 is 15.2 Å². The number of ether oxygens (including phenoxy) is 1. The van der Waals surface area contributed by atoms with Crippen LogP contribution in [0.15, 0.2) is 42.5 Å². The molecular weight excluding hydrogens is 292 g/mol. The maximum atomic E-state index is 11.7. The van der Waals surface area contributed by atoms with E-state index in [9.17, 15) is 9.90 Å². The first kappa shape index (κ1) is 16.4. The predicted molar refractivity (Wildman–Crippen MR) is 87.5 cm³/mol. The Balaban J connectivity index is 2.31. The van der Waals surface area contributed by atoms with Crippen molar-refractivity contribution in [2.24, 2.45) is 0 Å². The molecule has 0 aliphatic heterocycles. The summed E-state index contributed by atoms with van der Waals surface area (Å²) in [7, 11) is 0. The third-order valence-corrected chi connectivity index (χ3v) is 3.29. The Morgan fingerprint density at radius 2 is 2.00 bits per heavy atom. The van der Waals surface area contributed by atoms with Gasteiger partial charge in [0.1, 0.15) is 5.75 Å². The number of nitrogens with one attached hydrogen (secondary N) is 1. The molecule has 0 aromatic heterocycles. The van der Waals surface area contributed by atoms with Crippen LogP contribution in [0.3, 0.4) is 0 Å². The van der Waals surface area contributed by atoms with E-state index >= 15 is 0 Å². The van der Waals surface area contributed by atoms with Gasteiger partial charge in [-0.1, -0.05) is 6.07 Å². The highest BCUT2D eigenvalue weighted by Crippen LogP contribution is 2.25. The van der Waals surface area contributed by atoms with E-state index in [0.29, 0.717) is 29.2 Å². The van der Waals surface area contributed by atoms with Crippen LogP contribution in [0.1, 0.15) is 29.7 Å². The summed E-state index contributed by atoms with van der Waals surface area (Å²) in [5.74, 6) is -0.335. The van der Waals surface area contributed by atoms with Crippen LogP contribution in [0.4, 0.5) is 5.69 Å². The van der Waals surface area contributed by atoms with E-state index in [0.717, 1.165) is 5.56 Å². The van der Waals surface area contributed by atoms with Crippen molar-refractivity contribution in [2.75, 3.05) is 11.9 Å². The standard InChI is InChI=1S/C18H18N2O3/c1-3-23-16-9-12(2)8-14(10-16)17(18(21)22)20-15-6-4-13(11-19)5-7-15/h4-10,17,20H,3H2,1-2H3,(H,21,22). The van der Waals surface area contributed by atoms with Crippen LogP contribution in [-0.4, -0.2) is 17.7 Å². The Labute approximate surface area is 135 Å². The molecule has 2 N–H and O–H groups in total. The van der Waals surface area contributed by atoms with E-state index < -0.39 is 12.0 Å². The van der Waals surface area contributed by atoms with Crippen LogP contribution in [0.5, 0.6) is 5.75 Å². The Hall–Kier alpha value is -3.00. The first-order chi connectivity index (χ1) is 11.0. The number of nitrogens with zero attached hydrogens (tertiary/aromatic N) is 1. The highest BCUT2D eigenvalue weighted by atomic mass is 16.5. The second-order valence-electron chi connectivity index (χ2n) is 5.12. The molecule has 0 radical (unpaired) electrons. The smallest absolute Gasteiger partial charge is 0.330 e. The second kappa shape index (κ2) is 7.32. The summed E-state index contributed by atoms with van der Waals surface area (Å²) < 4.78 is 5.48. The number of aliphatic carboxylic acids is 1. The van der Waals surface area contributed by atoms with Crippen molar-refractivity contribution in [1.29, 1.82) is 5.26 Å². The van der Waals surface area contributed by atoms with Crippen molar-refractivity contribution in [1.82, 2.24) is 0 Å². The maximum absolute atomic E-state index is 11.7. The number of hydrogen-bond donors (Lipinski definition) is 2. The molecule has 2 rings (SSSR count). The molecule has 0 fully saturated rings. The van der Waals surface area contributed by atoms with Gasteiger partial charge in [0, 0.05) is 5.69 Å². The molecule has 0 saturated heterocycles. The van der Waals surface area contributed by atoms with Crippen molar-refractivity contribution in [3.8, 4) is 11.8 Å². The van der Waals surface area contributed by atoms with E-state index in [1.165, 1.54) is 0 Å². The van der Waals surface area contributed by atoms with Gasteiger partial charge in [-0.3, -0.25) is 0 Å². The third-order valence-electron chi connectivity index (χ3n) is 3.29. The fraction of sp³-hybridized carbons (Fsp3) is 0.222. The number of benzene rings is 2. The lowest BCUT2D eigenvalue weighted by molar-refractivity contribution is -0.138. The lowest BCUT2D eigenvalue weighted by Gasteiger charge is -2.18. The summed E-state index contributed by atoms with van der Waals surface area (Å²) in [6.07, 6.45) is 0. The van der Waals surface area contributed by atoms with Gasteiger partial charge in [0.25, 0.3) is 0 Å². The van der Waals surface area contributed by atoms with E-state index in [-0.39, 0.29) is 0 Å². The van der Waals surface area contributed by atoms with Crippen molar-refractivity contribution < 1.29 is 14.6 Å². The Morgan fingerprint density at radius 3 is 2.57 bits per heavy atom. The van der Waals surface area contributed by atoms with Crippen molar-refractivity contribution in [3.63, 3.8) is 0 Å². The van der Waals surface area contributed by atoms with Crippen LogP contribution in [0.2, 0.25) is 0 Å². The molecule has 0 aliphatic rings. The number of rotatable bonds is 6.